The fraction of sp³-hybridized carbons (Fsp3) is 1.00. The molecule has 1 aliphatic rings. The van der Waals surface area contributed by atoms with Gasteiger partial charge in [0, 0.05) is 6.04 Å². The molecule has 1 fully saturated rings. The highest BCUT2D eigenvalue weighted by Crippen LogP contribution is 2.25. The molecule has 0 bridgehead atoms. The van der Waals surface area contributed by atoms with Crippen LogP contribution in [-0.2, 0) is 0 Å². The summed E-state index contributed by atoms with van der Waals surface area (Å²) in [5.41, 5.74) is 6.09. The molecule has 1 rings (SSSR count). The van der Waals surface area contributed by atoms with Crippen molar-refractivity contribution in [3.05, 3.63) is 0 Å². The maximum absolute atomic E-state index is 5.76. The lowest BCUT2D eigenvalue weighted by Gasteiger charge is -2.29. The molecule has 0 unspecified atom stereocenters. The summed E-state index contributed by atoms with van der Waals surface area (Å²) in [6, 6.07) is 0.881. The van der Waals surface area contributed by atoms with E-state index in [0.717, 1.165) is 12.6 Å². The Morgan fingerprint density at radius 3 is 2.38 bits per heavy atom. The average Bonchev–Trinajstić information content (AvgIpc) is 2.78. The first kappa shape index (κ1) is 14.0. The minimum atomic E-state index is 0.328. The standard InChI is InChI=1S/C14H30N2/c1-4-16(13-8-5-6-9-13)11-7-10-14(2,3)12-15/h13H,4-12,15H2,1-3H3. The summed E-state index contributed by atoms with van der Waals surface area (Å²) in [7, 11) is 0. The quantitative estimate of drug-likeness (QED) is 0.723. The van der Waals surface area contributed by atoms with Gasteiger partial charge in [-0.05, 0) is 50.7 Å². The molecule has 1 saturated carbocycles. The Hall–Kier alpha value is -0.0800. The van der Waals surface area contributed by atoms with E-state index in [9.17, 15) is 0 Å². The summed E-state index contributed by atoms with van der Waals surface area (Å²) >= 11 is 0. The Bertz CT molecular complexity index is 183. The predicted octanol–water partition coefficient (Wildman–Crippen LogP) is 3.02. The van der Waals surface area contributed by atoms with E-state index in [4.69, 9.17) is 5.73 Å². The predicted molar refractivity (Wildman–Crippen MR) is 71.6 cm³/mol. The molecule has 2 nitrogen and oxygen atoms in total. The van der Waals surface area contributed by atoms with E-state index < -0.39 is 0 Å². The molecule has 0 aromatic rings. The first-order valence-electron chi connectivity index (χ1n) is 7.03. The van der Waals surface area contributed by atoms with Crippen LogP contribution in [0.4, 0.5) is 0 Å². The highest BCUT2D eigenvalue weighted by atomic mass is 15.1. The van der Waals surface area contributed by atoms with Crippen molar-refractivity contribution >= 4 is 0 Å². The van der Waals surface area contributed by atoms with Gasteiger partial charge in [-0.15, -0.1) is 0 Å². The van der Waals surface area contributed by atoms with E-state index >= 15 is 0 Å². The Morgan fingerprint density at radius 1 is 1.25 bits per heavy atom. The zero-order valence-corrected chi connectivity index (χ0v) is 11.5. The molecule has 0 aromatic carbocycles. The third-order valence-electron chi connectivity index (χ3n) is 4.10. The molecule has 0 aliphatic heterocycles. The molecular weight excluding hydrogens is 196 g/mol. The summed E-state index contributed by atoms with van der Waals surface area (Å²) in [5.74, 6) is 0. The maximum atomic E-state index is 5.76. The molecule has 0 heterocycles. The number of rotatable bonds is 7. The van der Waals surface area contributed by atoms with Crippen LogP contribution < -0.4 is 5.73 Å². The van der Waals surface area contributed by atoms with E-state index in [1.54, 1.807) is 0 Å². The zero-order chi connectivity index (χ0) is 12.0. The first-order valence-corrected chi connectivity index (χ1v) is 7.03. The third kappa shape index (κ3) is 4.42. The van der Waals surface area contributed by atoms with Gasteiger partial charge in [0.25, 0.3) is 0 Å². The second-order valence-corrected chi connectivity index (χ2v) is 6.04. The summed E-state index contributed by atoms with van der Waals surface area (Å²) < 4.78 is 0. The van der Waals surface area contributed by atoms with Crippen molar-refractivity contribution in [2.45, 2.75) is 65.3 Å². The van der Waals surface area contributed by atoms with Gasteiger partial charge >= 0.3 is 0 Å². The van der Waals surface area contributed by atoms with Crippen LogP contribution in [0.15, 0.2) is 0 Å². The Balaban J connectivity index is 2.23. The molecule has 0 amide bonds. The van der Waals surface area contributed by atoms with Crippen LogP contribution in [0.5, 0.6) is 0 Å². The molecule has 16 heavy (non-hydrogen) atoms. The molecule has 1 aliphatic carbocycles. The summed E-state index contributed by atoms with van der Waals surface area (Å²) in [6.07, 6.45) is 8.29. The van der Waals surface area contributed by atoms with Crippen molar-refractivity contribution in [1.29, 1.82) is 0 Å². The van der Waals surface area contributed by atoms with Crippen LogP contribution in [0.3, 0.4) is 0 Å². The van der Waals surface area contributed by atoms with Gasteiger partial charge < -0.3 is 10.6 Å². The van der Waals surface area contributed by atoms with E-state index in [2.05, 4.69) is 25.7 Å². The van der Waals surface area contributed by atoms with Gasteiger partial charge in [0.1, 0.15) is 0 Å². The normalized spacial score (nSPS) is 18.6. The third-order valence-corrected chi connectivity index (χ3v) is 4.10. The van der Waals surface area contributed by atoms with Crippen molar-refractivity contribution in [2.24, 2.45) is 11.1 Å². The van der Waals surface area contributed by atoms with Crippen molar-refractivity contribution in [3.63, 3.8) is 0 Å². The number of nitrogens with zero attached hydrogens (tertiary/aromatic N) is 1. The van der Waals surface area contributed by atoms with Crippen molar-refractivity contribution < 1.29 is 0 Å². The van der Waals surface area contributed by atoms with Crippen LogP contribution in [0.2, 0.25) is 0 Å². The molecule has 0 aromatic heterocycles. The first-order chi connectivity index (χ1) is 7.59. The molecule has 0 atom stereocenters. The lowest BCUT2D eigenvalue weighted by Crippen LogP contribution is -2.34. The highest BCUT2D eigenvalue weighted by molar-refractivity contribution is 4.77. The fourth-order valence-corrected chi connectivity index (χ4v) is 2.73. The lowest BCUT2D eigenvalue weighted by molar-refractivity contribution is 0.192. The topological polar surface area (TPSA) is 29.3 Å². The molecule has 2 N–H and O–H groups in total. The van der Waals surface area contributed by atoms with Gasteiger partial charge in [0.05, 0.1) is 0 Å². The van der Waals surface area contributed by atoms with Gasteiger partial charge in [-0.2, -0.15) is 0 Å². The van der Waals surface area contributed by atoms with Crippen LogP contribution in [0.25, 0.3) is 0 Å². The summed E-state index contributed by atoms with van der Waals surface area (Å²) in [5, 5.41) is 0. The van der Waals surface area contributed by atoms with Crippen LogP contribution in [0, 0.1) is 5.41 Å². The molecule has 0 saturated heterocycles. The van der Waals surface area contributed by atoms with E-state index in [1.165, 1.54) is 51.6 Å². The minimum absolute atomic E-state index is 0.328. The molecule has 2 heteroatoms. The van der Waals surface area contributed by atoms with Gasteiger partial charge in [-0.1, -0.05) is 33.6 Å². The van der Waals surface area contributed by atoms with Gasteiger partial charge in [0.15, 0.2) is 0 Å². The molecular formula is C14H30N2. The lowest BCUT2D eigenvalue weighted by atomic mass is 9.88. The monoisotopic (exact) mass is 226 g/mol. The van der Waals surface area contributed by atoms with Crippen molar-refractivity contribution in [2.75, 3.05) is 19.6 Å². The number of nitrogens with two attached hydrogens (primary N) is 1. The van der Waals surface area contributed by atoms with Gasteiger partial charge in [-0.3, -0.25) is 0 Å². The van der Waals surface area contributed by atoms with Crippen LogP contribution in [0.1, 0.15) is 59.3 Å². The largest absolute Gasteiger partial charge is 0.330 e. The van der Waals surface area contributed by atoms with E-state index in [-0.39, 0.29) is 0 Å². The van der Waals surface area contributed by atoms with Crippen molar-refractivity contribution in [1.82, 2.24) is 4.90 Å². The average molecular weight is 226 g/mol. The minimum Gasteiger partial charge on any atom is -0.330 e. The Labute approximate surface area is 102 Å². The van der Waals surface area contributed by atoms with Crippen LogP contribution in [-0.4, -0.2) is 30.6 Å². The van der Waals surface area contributed by atoms with Crippen molar-refractivity contribution in [3.8, 4) is 0 Å². The number of hydrogen-bond donors (Lipinski definition) is 1. The second kappa shape index (κ2) is 6.61. The smallest absolute Gasteiger partial charge is 0.00951 e. The molecule has 0 radical (unpaired) electrons. The SMILES string of the molecule is CCN(CCCC(C)(C)CN)C1CCCC1. The van der Waals surface area contributed by atoms with Gasteiger partial charge in [-0.25, -0.2) is 0 Å². The van der Waals surface area contributed by atoms with E-state index in [0.29, 0.717) is 5.41 Å². The highest BCUT2D eigenvalue weighted by Gasteiger charge is 2.22. The maximum Gasteiger partial charge on any atom is 0.00951 e. The summed E-state index contributed by atoms with van der Waals surface area (Å²) in [6.45, 7) is 10.1. The van der Waals surface area contributed by atoms with Gasteiger partial charge in [0.2, 0.25) is 0 Å². The fourth-order valence-electron chi connectivity index (χ4n) is 2.73. The zero-order valence-electron chi connectivity index (χ0n) is 11.5. The second-order valence-electron chi connectivity index (χ2n) is 6.04. The summed E-state index contributed by atoms with van der Waals surface area (Å²) in [4.78, 5) is 2.68. The molecule has 96 valence electrons. The van der Waals surface area contributed by atoms with Crippen LogP contribution >= 0.6 is 0 Å². The Morgan fingerprint density at radius 2 is 1.88 bits per heavy atom. The Kier molecular flexibility index (Phi) is 5.77. The number of hydrogen-bond acceptors (Lipinski definition) is 2. The molecule has 0 spiro atoms. The van der Waals surface area contributed by atoms with E-state index in [1.807, 2.05) is 0 Å².